The van der Waals surface area contributed by atoms with Crippen LogP contribution >= 0.6 is 0 Å². The molecule has 1 aromatic rings. The van der Waals surface area contributed by atoms with Crippen LogP contribution in [0.5, 0.6) is 5.75 Å². The lowest BCUT2D eigenvalue weighted by atomic mass is 9.77. The summed E-state index contributed by atoms with van der Waals surface area (Å²) in [4.78, 5) is 27.4. The summed E-state index contributed by atoms with van der Waals surface area (Å²) < 4.78 is 34.0. The number of alkyl halides is 2. The average Bonchev–Trinajstić information content (AvgIpc) is 2.80. The van der Waals surface area contributed by atoms with Gasteiger partial charge in [-0.25, -0.2) is 8.78 Å². The van der Waals surface area contributed by atoms with Crippen molar-refractivity contribution in [1.29, 1.82) is 0 Å². The molecule has 2 amide bonds. The second kappa shape index (κ2) is 6.28. The Kier molecular flexibility index (Phi) is 4.43. The van der Waals surface area contributed by atoms with E-state index in [9.17, 15) is 18.4 Å². The van der Waals surface area contributed by atoms with Crippen LogP contribution in [-0.2, 0) is 9.59 Å². The molecular formula is C18H22F2N2O3. The summed E-state index contributed by atoms with van der Waals surface area (Å²) in [5, 5.41) is 0. The molecule has 0 saturated carbocycles. The molecule has 5 nitrogen and oxygen atoms in total. The minimum atomic E-state index is -3.07. The van der Waals surface area contributed by atoms with Crippen LogP contribution in [0.25, 0.3) is 0 Å². The number of rotatable bonds is 3. The zero-order valence-corrected chi connectivity index (χ0v) is 14.4. The Bertz CT molecular complexity index is 695. The molecule has 2 aliphatic rings. The van der Waals surface area contributed by atoms with Gasteiger partial charge in [0, 0.05) is 26.6 Å². The Labute approximate surface area is 145 Å². The van der Waals surface area contributed by atoms with Crippen LogP contribution in [0, 0.1) is 12.3 Å². The van der Waals surface area contributed by atoms with E-state index in [2.05, 4.69) is 0 Å². The fraction of sp³-hybridized carbons (Fsp3) is 0.556. The second-order valence-electron chi connectivity index (χ2n) is 7.09. The maximum absolute atomic E-state index is 14.2. The molecule has 7 heteroatoms. The molecule has 3 rings (SSSR count). The number of likely N-dealkylation sites (tertiary alicyclic amines) is 2. The molecule has 0 radical (unpaired) electrons. The molecule has 2 saturated heterocycles. The Morgan fingerprint density at radius 3 is 2.64 bits per heavy atom. The molecule has 0 bridgehead atoms. The van der Waals surface area contributed by atoms with Crippen molar-refractivity contribution in [2.24, 2.45) is 5.41 Å². The number of hydrogen-bond acceptors (Lipinski definition) is 3. The topological polar surface area (TPSA) is 49.9 Å². The number of halogens is 2. The lowest BCUT2D eigenvalue weighted by molar-refractivity contribution is -0.163. The van der Waals surface area contributed by atoms with Gasteiger partial charge in [0.05, 0.1) is 12.0 Å². The molecular weight excluding hydrogens is 330 g/mol. The summed E-state index contributed by atoms with van der Waals surface area (Å²) in [5.41, 5.74) is -0.308. The molecule has 25 heavy (non-hydrogen) atoms. The van der Waals surface area contributed by atoms with Gasteiger partial charge < -0.3 is 14.5 Å². The van der Waals surface area contributed by atoms with Crippen LogP contribution in [0.15, 0.2) is 24.3 Å². The molecule has 1 spiro atoms. The molecule has 1 atom stereocenters. The van der Waals surface area contributed by atoms with Crippen molar-refractivity contribution in [3.8, 4) is 5.75 Å². The van der Waals surface area contributed by atoms with Crippen molar-refractivity contribution in [2.75, 3.05) is 33.3 Å². The third kappa shape index (κ3) is 3.45. The number of hydrogen-bond donors (Lipinski definition) is 0. The number of amides is 2. The molecule has 2 heterocycles. The molecule has 0 N–H and O–H groups in total. The summed E-state index contributed by atoms with van der Waals surface area (Å²) in [7, 11) is 1.61. The lowest BCUT2D eigenvalue weighted by Gasteiger charge is -2.42. The second-order valence-corrected chi connectivity index (χ2v) is 7.09. The van der Waals surface area contributed by atoms with Crippen molar-refractivity contribution in [3.63, 3.8) is 0 Å². The average molecular weight is 352 g/mol. The van der Waals surface area contributed by atoms with Crippen LogP contribution < -0.4 is 4.74 Å². The smallest absolute Gasteiger partial charge is 0.266 e. The first-order valence-corrected chi connectivity index (χ1v) is 8.32. The normalized spacial score (nSPS) is 25.5. The SMILES string of the molecule is Cc1ccccc1OCC(=O)N1CC(F)(F)C[C@@]2(CCN(C)C2=O)C1. The van der Waals surface area contributed by atoms with Crippen LogP contribution in [0.4, 0.5) is 8.78 Å². The van der Waals surface area contributed by atoms with Gasteiger partial charge in [-0.3, -0.25) is 9.59 Å². The highest BCUT2D eigenvalue weighted by Gasteiger charge is 2.57. The number of ether oxygens (including phenoxy) is 1. The molecule has 136 valence electrons. The van der Waals surface area contributed by atoms with E-state index in [0.717, 1.165) is 10.5 Å². The molecule has 0 aliphatic carbocycles. The standard InChI is InChI=1S/C18H22F2N2O3/c1-13-5-3-4-6-14(13)25-9-15(23)22-11-17(10-18(19,20)12-22)7-8-21(2)16(17)24/h3-6H,7-12H2,1-2H3/t17-/m0/s1. The Balaban J connectivity index is 1.71. The van der Waals surface area contributed by atoms with Crippen molar-refractivity contribution in [2.45, 2.75) is 25.7 Å². The van der Waals surface area contributed by atoms with Gasteiger partial charge >= 0.3 is 0 Å². The quantitative estimate of drug-likeness (QED) is 0.837. The first-order chi connectivity index (χ1) is 11.7. The summed E-state index contributed by atoms with van der Waals surface area (Å²) >= 11 is 0. The fourth-order valence-corrected chi connectivity index (χ4v) is 3.74. The Morgan fingerprint density at radius 2 is 2.00 bits per heavy atom. The van der Waals surface area contributed by atoms with E-state index in [1.54, 1.807) is 19.2 Å². The van der Waals surface area contributed by atoms with Gasteiger partial charge in [-0.1, -0.05) is 18.2 Å². The number of carbonyl (C=O) groups is 2. The largest absolute Gasteiger partial charge is 0.484 e. The number of nitrogens with zero attached hydrogens (tertiary/aromatic N) is 2. The molecule has 2 aliphatic heterocycles. The minimum Gasteiger partial charge on any atom is -0.484 e. The highest BCUT2D eigenvalue weighted by molar-refractivity contribution is 5.86. The highest BCUT2D eigenvalue weighted by Crippen LogP contribution is 2.45. The van der Waals surface area contributed by atoms with Gasteiger partial charge in [-0.15, -0.1) is 0 Å². The maximum Gasteiger partial charge on any atom is 0.266 e. The lowest BCUT2D eigenvalue weighted by Crippen LogP contribution is -2.57. The summed E-state index contributed by atoms with van der Waals surface area (Å²) in [5.74, 6) is -3.35. The van der Waals surface area contributed by atoms with E-state index in [0.29, 0.717) is 18.7 Å². The van der Waals surface area contributed by atoms with Crippen LogP contribution in [-0.4, -0.2) is 60.8 Å². The third-order valence-corrected chi connectivity index (χ3v) is 5.04. The van der Waals surface area contributed by atoms with Crippen molar-refractivity contribution >= 4 is 11.8 Å². The summed E-state index contributed by atoms with van der Waals surface area (Å²) in [6.45, 7) is 1.33. The zero-order valence-electron chi connectivity index (χ0n) is 14.4. The zero-order chi connectivity index (χ0) is 18.2. The van der Waals surface area contributed by atoms with E-state index < -0.39 is 30.2 Å². The first-order valence-electron chi connectivity index (χ1n) is 8.32. The van der Waals surface area contributed by atoms with E-state index in [-0.39, 0.29) is 19.1 Å². The highest BCUT2D eigenvalue weighted by atomic mass is 19.3. The van der Waals surface area contributed by atoms with Crippen LogP contribution in [0.1, 0.15) is 18.4 Å². The maximum atomic E-state index is 14.2. The van der Waals surface area contributed by atoms with Crippen LogP contribution in [0.3, 0.4) is 0 Å². The minimum absolute atomic E-state index is 0.0295. The van der Waals surface area contributed by atoms with E-state index in [1.807, 2.05) is 19.1 Å². The number of benzene rings is 1. The van der Waals surface area contributed by atoms with Gasteiger partial charge in [0.1, 0.15) is 5.75 Å². The van der Waals surface area contributed by atoms with Gasteiger partial charge in [0.15, 0.2) is 6.61 Å². The predicted molar refractivity (Wildman–Crippen MR) is 87.5 cm³/mol. The molecule has 1 aromatic carbocycles. The monoisotopic (exact) mass is 352 g/mol. The number of para-hydroxylation sites is 1. The van der Waals surface area contributed by atoms with Gasteiger partial charge in [0.2, 0.25) is 5.91 Å². The van der Waals surface area contributed by atoms with Gasteiger partial charge in [-0.2, -0.15) is 0 Å². The molecule has 0 aromatic heterocycles. The first kappa shape index (κ1) is 17.6. The number of carbonyl (C=O) groups excluding carboxylic acids is 2. The fourth-order valence-electron chi connectivity index (χ4n) is 3.74. The van der Waals surface area contributed by atoms with Gasteiger partial charge in [0.25, 0.3) is 11.8 Å². The van der Waals surface area contributed by atoms with Crippen molar-refractivity contribution in [1.82, 2.24) is 9.80 Å². The third-order valence-electron chi connectivity index (χ3n) is 5.04. The summed E-state index contributed by atoms with van der Waals surface area (Å²) in [6.07, 6.45) is -0.147. The Hall–Kier alpha value is -2.18. The van der Waals surface area contributed by atoms with E-state index in [1.165, 1.54) is 4.90 Å². The van der Waals surface area contributed by atoms with Crippen molar-refractivity contribution < 1.29 is 23.1 Å². The van der Waals surface area contributed by atoms with Gasteiger partial charge in [-0.05, 0) is 25.0 Å². The Morgan fingerprint density at radius 1 is 1.28 bits per heavy atom. The molecule has 0 unspecified atom stereocenters. The predicted octanol–water partition coefficient (Wildman–Crippen LogP) is 2.09. The molecule has 2 fully saturated rings. The van der Waals surface area contributed by atoms with E-state index >= 15 is 0 Å². The summed E-state index contributed by atoms with van der Waals surface area (Å²) in [6, 6.07) is 7.20. The number of piperidine rings is 1. The number of aryl methyl sites for hydroxylation is 1. The van der Waals surface area contributed by atoms with E-state index in [4.69, 9.17) is 4.74 Å². The van der Waals surface area contributed by atoms with Crippen molar-refractivity contribution in [3.05, 3.63) is 29.8 Å². The van der Waals surface area contributed by atoms with Crippen LogP contribution in [0.2, 0.25) is 0 Å².